The molecule has 2 amide bonds. The highest BCUT2D eigenvalue weighted by molar-refractivity contribution is 14.1. The van der Waals surface area contributed by atoms with Gasteiger partial charge in [0.25, 0.3) is 11.8 Å². The lowest BCUT2D eigenvalue weighted by atomic mass is 10.3. The number of nitrogens with zero attached hydrogens (tertiary/aromatic N) is 1. The van der Waals surface area contributed by atoms with Crippen molar-refractivity contribution in [2.24, 2.45) is 0 Å². The quantitative estimate of drug-likeness (QED) is 0.384. The van der Waals surface area contributed by atoms with Crippen LogP contribution in [0.2, 0.25) is 0 Å². The minimum atomic E-state index is -0.354. The van der Waals surface area contributed by atoms with E-state index < -0.39 is 0 Å². The van der Waals surface area contributed by atoms with Crippen LogP contribution in [-0.2, 0) is 9.59 Å². The number of thioether (sulfide) groups is 1. The molecule has 28 heavy (non-hydrogen) atoms. The molecular formula is C22H15IN2O2S. The van der Waals surface area contributed by atoms with Gasteiger partial charge in [-0.05, 0) is 71.1 Å². The van der Waals surface area contributed by atoms with Gasteiger partial charge in [0.1, 0.15) is 10.6 Å². The van der Waals surface area contributed by atoms with Crippen LogP contribution in [0.4, 0.5) is 11.4 Å². The molecular weight excluding hydrogens is 483 g/mol. The molecule has 0 atom stereocenters. The van der Waals surface area contributed by atoms with Crippen molar-refractivity contribution in [2.45, 2.75) is 4.90 Å². The number of hydrogen-bond acceptors (Lipinski definition) is 4. The smallest absolute Gasteiger partial charge is 0.283 e. The maximum atomic E-state index is 13.2. The summed E-state index contributed by atoms with van der Waals surface area (Å²) in [6.07, 6.45) is 0. The van der Waals surface area contributed by atoms with E-state index >= 15 is 0 Å². The zero-order valence-corrected chi connectivity index (χ0v) is 17.6. The molecule has 3 aromatic carbocycles. The topological polar surface area (TPSA) is 49.4 Å². The average Bonchev–Trinajstić information content (AvgIpc) is 2.95. The molecule has 0 unspecified atom stereocenters. The van der Waals surface area contributed by atoms with Gasteiger partial charge in [0.15, 0.2) is 0 Å². The Labute approximate surface area is 180 Å². The fourth-order valence-corrected chi connectivity index (χ4v) is 4.12. The number of benzene rings is 3. The third-order valence-corrected chi connectivity index (χ3v) is 5.94. The number of anilines is 2. The molecule has 138 valence electrons. The van der Waals surface area contributed by atoms with Gasteiger partial charge in [-0.25, -0.2) is 4.90 Å². The number of hydrogen-bond donors (Lipinski definition) is 1. The Kier molecular flexibility index (Phi) is 5.50. The molecule has 1 N–H and O–H groups in total. The number of amides is 2. The van der Waals surface area contributed by atoms with Gasteiger partial charge >= 0.3 is 0 Å². The van der Waals surface area contributed by atoms with E-state index in [0.717, 1.165) is 14.2 Å². The second kappa shape index (κ2) is 8.20. The number of imide groups is 1. The first-order valence-corrected chi connectivity index (χ1v) is 10.5. The van der Waals surface area contributed by atoms with E-state index in [-0.39, 0.29) is 11.8 Å². The molecule has 4 nitrogen and oxygen atoms in total. The average molecular weight is 498 g/mol. The van der Waals surface area contributed by atoms with Crippen molar-refractivity contribution in [3.05, 3.63) is 99.1 Å². The lowest BCUT2D eigenvalue weighted by molar-refractivity contribution is -0.120. The molecule has 1 aliphatic heterocycles. The molecule has 0 radical (unpaired) electrons. The number of para-hydroxylation sites is 1. The van der Waals surface area contributed by atoms with E-state index in [1.807, 2.05) is 72.8 Å². The highest BCUT2D eigenvalue weighted by Crippen LogP contribution is 2.37. The van der Waals surface area contributed by atoms with Gasteiger partial charge in [0.05, 0.1) is 5.69 Å². The van der Waals surface area contributed by atoms with Crippen molar-refractivity contribution in [1.29, 1.82) is 0 Å². The molecule has 0 spiro atoms. The van der Waals surface area contributed by atoms with E-state index in [1.54, 1.807) is 12.1 Å². The molecule has 4 rings (SSSR count). The minimum Gasteiger partial charge on any atom is -0.350 e. The van der Waals surface area contributed by atoms with Gasteiger partial charge < -0.3 is 5.32 Å². The van der Waals surface area contributed by atoms with Gasteiger partial charge in [-0.15, -0.1) is 0 Å². The summed E-state index contributed by atoms with van der Waals surface area (Å²) in [7, 11) is 0. The van der Waals surface area contributed by atoms with Crippen LogP contribution in [0.5, 0.6) is 0 Å². The molecule has 3 aromatic rings. The van der Waals surface area contributed by atoms with Crippen LogP contribution < -0.4 is 10.2 Å². The van der Waals surface area contributed by atoms with E-state index in [1.165, 1.54) is 16.7 Å². The Balaban J connectivity index is 1.73. The highest BCUT2D eigenvalue weighted by atomic mass is 127. The molecule has 6 heteroatoms. The highest BCUT2D eigenvalue weighted by Gasteiger charge is 2.40. The van der Waals surface area contributed by atoms with Crippen LogP contribution >= 0.6 is 34.4 Å². The molecule has 0 saturated heterocycles. The van der Waals surface area contributed by atoms with Crippen LogP contribution in [0.1, 0.15) is 0 Å². The molecule has 0 aliphatic carbocycles. The summed E-state index contributed by atoms with van der Waals surface area (Å²) >= 11 is 3.52. The molecule has 0 fully saturated rings. The number of rotatable bonds is 5. The third kappa shape index (κ3) is 3.83. The molecule has 1 aliphatic rings. The number of halogens is 1. The van der Waals surface area contributed by atoms with E-state index in [4.69, 9.17) is 0 Å². The lowest BCUT2D eigenvalue weighted by Crippen LogP contribution is -2.32. The largest absolute Gasteiger partial charge is 0.350 e. The SMILES string of the molecule is O=C1C(Nc2ccc(I)cc2)=C(Sc2ccccc2)C(=O)N1c1ccccc1. The summed E-state index contributed by atoms with van der Waals surface area (Å²) < 4.78 is 1.09. The standard InChI is InChI=1S/C22H15IN2O2S/c23-15-11-13-16(14-12-15)24-19-20(28-18-9-5-2-6-10-18)22(27)25(21(19)26)17-7-3-1-4-8-17/h1-14,24H. The van der Waals surface area contributed by atoms with Gasteiger partial charge in [-0.1, -0.05) is 48.2 Å². The maximum absolute atomic E-state index is 13.2. The molecule has 0 bridgehead atoms. The summed E-state index contributed by atoms with van der Waals surface area (Å²) in [5.74, 6) is -0.675. The fraction of sp³-hybridized carbons (Fsp3) is 0. The summed E-state index contributed by atoms with van der Waals surface area (Å²) in [5.41, 5.74) is 1.62. The monoisotopic (exact) mass is 498 g/mol. The second-order valence-electron chi connectivity index (χ2n) is 6.03. The van der Waals surface area contributed by atoms with Crippen molar-refractivity contribution in [3.63, 3.8) is 0 Å². The Morgan fingerprint density at radius 2 is 1.36 bits per heavy atom. The third-order valence-electron chi connectivity index (χ3n) is 4.13. The summed E-state index contributed by atoms with van der Waals surface area (Å²) in [6, 6.07) is 26.2. The van der Waals surface area contributed by atoms with Gasteiger partial charge in [-0.2, -0.15) is 0 Å². The maximum Gasteiger partial charge on any atom is 0.283 e. The second-order valence-corrected chi connectivity index (χ2v) is 8.36. The predicted molar refractivity (Wildman–Crippen MR) is 121 cm³/mol. The zero-order chi connectivity index (χ0) is 19.5. The van der Waals surface area contributed by atoms with Crippen molar-refractivity contribution >= 4 is 57.5 Å². The predicted octanol–water partition coefficient (Wildman–Crippen LogP) is 5.28. The Hall–Kier alpha value is -2.58. The summed E-state index contributed by atoms with van der Waals surface area (Å²) in [6.45, 7) is 0. The van der Waals surface area contributed by atoms with Crippen LogP contribution in [0.25, 0.3) is 0 Å². The fourth-order valence-electron chi connectivity index (χ4n) is 2.81. The van der Waals surface area contributed by atoms with Gasteiger partial charge in [0.2, 0.25) is 0 Å². The van der Waals surface area contributed by atoms with Crippen LogP contribution in [-0.4, -0.2) is 11.8 Å². The van der Waals surface area contributed by atoms with Crippen molar-refractivity contribution < 1.29 is 9.59 Å². The first-order valence-electron chi connectivity index (χ1n) is 8.57. The van der Waals surface area contributed by atoms with Crippen molar-refractivity contribution in [3.8, 4) is 0 Å². The molecule has 0 aromatic heterocycles. The Morgan fingerprint density at radius 1 is 0.750 bits per heavy atom. The molecule has 1 heterocycles. The number of nitrogens with one attached hydrogen (secondary N) is 1. The zero-order valence-electron chi connectivity index (χ0n) is 14.6. The number of carbonyl (C=O) groups is 2. The van der Waals surface area contributed by atoms with Crippen molar-refractivity contribution in [1.82, 2.24) is 0 Å². The first kappa shape index (κ1) is 18.8. The van der Waals surface area contributed by atoms with E-state index in [2.05, 4.69) is 27.9 Å². The Morgan fingerprint density at radius 3 is 2.00 bits per heavy atom. The Bertz CT molecular complexity index is 1050. The minimum absolute atomic E-state index is 0.295. The van der Waals surface area contributed by atoms with E-state index in [0.29, 0.717) is 16.3 Å². The van der Waals surface area contributed by atoms with Crippen LogP contribution in [0.3, 0.4) is 0 Å². The van der Waals surface area contributed by atoms with Crippen molar-refractivity contribution in [2.75, 3.05) is 10.2 Å². The normalized spacial score (nSPS) is 14.0. The summed E-state index contributed by atoms with van der Waals surface area (Å²) in [5, 5.41) is 3.16. The van der Waals surface area contributed by atoms with Gasteiger partial charge in [-0.3, -0.25) is 9.59 Å². The number of carbonyl (C=O) groups excluding carboxylic acids is 2. The summed E-state index contributed by atoms with van der Waals surface area (Å²) in [4.78, 5) is 28.8. The lowest BCUT2D eigenvalue weighted by Gasteiger charge is -2.15. The first-order chi connectivity index (χ1) is 13.6. The van der Waals surface area contributed by atoms with E-state index in [9.17, 15) is 9.59 Å². The van der Waals surface area contributed by atoms with Crippen LogP contribution in [0.15, 0.2) is 100 Å². The molecule has 0 saturated carbocycles. The van der Waals surface area contributed by atoms with Gasteiger partial charge in [0, 0.05) is 14.2 Å². The van der Waals surface area contributed by atoms with Crippen LogP contribution in [0, 0.1) is 3.57 Å².